The van der Waals surface area contributed by atoms with E-state index < -0.39 is 18.0 Å². The molecule has 0 radical (unpaired) electrons. The first-order chi connectivity index (χ1) is 18.2. The average Bonchev–Trinajstić information content (AvgIpc) is 3.63. The molecule has 0 bridgehead atoms. The van der Waals surface area contributed by atoms with Gasteiger partial charge in [0.2, 0.25) is 0 Å². The molecule has 9 nitrogen and oxygen atoms in total. The Kier molecular flexibility index (Phi) is 6.93. The fraction of sp³-hybridized carbons (Fsp3) is 0.320. The molecule has 1 amide bonds. The number of aliphatic hydroxyl groups is 1. The summed E-state index contributed by atoms with van der Waals surface area (Å²) in [4.78, 5) is 22.9. The van der Waals surface area contributed by atoms with E-state index in [0.717, 1.165) is 19.0 Å². The molecule has 1 atom stereocenters. The normalized spacial score (nSPS) is 14.7. The fourth-order valence-electron chi connectivity index (χ4n) is 4.54. The molecule has 0 spiro atoms. The minimum atomic E-state index is -4.82. The van der Waals surface area contributed by atoms with Crippen molar-refractivity contribution in [1.82, 2.24) is 29.8 Å². The van der Waals surface area contributed by atoms with Crippen LogP contribution in [-0.4, -0.2) is 60.0 Å². The molecular formula is C25H22ClF3N6O3. The van der Waals surface area contributed by atoms with Gasteiger partial charge in [-0.05, 0) is 31.9 Å². The standard InChI is InChI=1S/C25H22ClF3N6O3/c1-14(36)12-35-23(25(27,28)29)17(11-32-35)22-19(18-7-8-30-13-31-18)21(33-38-22)15-5-4-6-16(20(15)26)24(37)34-9-2-3-10-34/h4-8,11,13-14,36H,2-3,9-10,12H2,1H3. The van der Waals surface area contributed by atoms with Crippen molar-refractivity contribution >= 4 is 17.5 Å². The minimum Gasteiger partial charge on any atom is -0.391 e. The van der Waals surface area contributed by atoms with E-state index in [0.29, 0.717) is 23.3 Å². The van der Waals surface area contributed by atoms with Crippen molar-refractivity contribution in [3.63, 3.8) is 0 Å². The van der Waals surface area contributed by atoms with Gasteiger partial charge < -0.3 is 14.5 Å². The maximum Gasteiger partial charge on any atom is 0.433 e. The third-order valence-corrected chi connectivity index (χ3v) is 6.60. The fourth-order valence-corrected chi connectivity index (χ4v) is 4.84. The van der Waals surface area contributed by atoms with E-state index in [-0.39, 0.29) is 51.3 Å². The molecular weight excluding hydrogens is 525 g/mol. The third kappa shape index (κ3) is 4.76. The van der Waals surface area contributed by atoms with Crippen LogP contribution in [0.25, 0.3) is 33.8 Å². The van der Waals surface area contributed by atoms with Gasteiger partial charge in [-0.1, -0.05) is 28.9 Å². The topological polar surface area (TPSA) is 110 Å². The molecule has 0 saturated carbocycles. The van der Waals surface area contributed by atoms with E-state index >= 15 is 0 Å². The molecule has 1 fully saturated rings. The van der Waals surface area contributed by atoms with Crippen molar-refractivity contribution in [2.75, 3.05) is 13.1 Å². The molecule has 3 aromatic heterocycles. The number of carbonyl (C=O) groups is 1. The second-order valence-corrected chi connectivity index (χ2v) is 9.31. The van der Waals surface area contributed by atoms with Crippen LogP contribution in [0.5, 0.6) is 0 Å². The van der Waals surface area contributed by atoms with Gasteiger partial charge in [0.25, 0.3) is 5.91 Å². The molecule has 1 aliphatic rings. The second kappa shape index (κ2) is 10.2. The third-order valence-electron chi connectivity index (χ3n) is 6.20. The summed E-state index contributed by atoms with van der Waals surface area (Å²) in [7, 11) is 0. The molecule has 198 valence electrons. The van der Waals surface area contributed by atoms with Crippen LogP contribution in [0.4, 0.5) is 13.2 Å². The number of carbonyl (C=O) groups excluding carboxylic acids is 1. The van der Waals surface area contributed by atoms with Crippen molar-refractivity contribution in [1.29, 1.82) is 0 Å². The van der Waals surface area contributed by atoms with Crippen molar-refractivity contribution in [3.8, 4) is 33.8 Å². The number of aliphatic hydroxyl groups excluding tert-OH is 1. The van der Waals surface area contributed by atoms with E-state index in [1.165, 1.54) is 25.5 Å². The molecule has 0 aliphatic carbocycles. The van der Waals surface area contributed by atoms with Crippen LogP contribution in [0, 0.1) is 0 Å². The number of halogens is 4. The first kappa shape index (κ1) is 25.9. The number of hydrogen-bond acceptors (Lipinski definition) is 7. The van der Waals surface area contributed by atoms with Gasteiger partial charge in [0.15, 0.2) is 11.5 Å². The quantitative estimate of drug-likeness (QED) is 0.364. The monoisotopic (exact) mass is 546 g/mol. The summed E-state index contributed by atoms with van der Waals surface area (Å²) in [5, 5.41) is 17.8. The number of aromatic nitrogens is 5. The Labute approximate surface area is 219 Å². The van der Waals surface area contributed by atoms with Crippen LogP contribution in [0.15, 0.2) is 47.5 Å². The summed E-state index contributed by atoms with van der Waals surface area (Å²) < 4.78 is 48.8. The van der Waals surface area contributed by atoms with Crippen LogP contribution in [0.1, 0.15) is 35.8 Å². The van der Waals surface area contributed by atoms with Gasteiger partial charge in [0.05, 0.1) is 46.3 Å². The van der Waals surface area contributed by atoms with Gasteiger partial charge in [-0.3, -0.25) is 9.48 Å². The van der Waals surface area contributed by atoms with Gasteiger partial charge in [-0.15, -0.1) is 0 Å². The number of likely N-dealkylation sites (tertiary alicyclic amines) is 1. The first-order valence-corrected chi connectivity index (χ1v) is 12.2. The van der Waals surface area contributed by atoms with Crippen LogP contribution in [0.3, 0.4) is 0 Å². The molecule has 1 saturated heterocycles. The number of amides is 1. The largest absolute Gasteiger partial charge is 0.433 e. The number of alkyl halides is 3. The molecule has 5 rings (SSSR count). The Morgan fingerprint density at radius 1 is 1.21 bits per heavy atom. The zero-order valence-electron chi connectivity index (χ0n) is 20.1. The van der Waals surface area contributed by atoms with Crippen molar-refractivity contribution in [3.05, 3.63) is 59.3 Å². The smallest absolute Gasteiger partial charge is 0.391 e. The van der Waals surface area contributed by atoms with Gasteiger partial charge in [0.1, 0.15) is 12.0 Å². The van der Waals surface area contributed by atoms with Crippen LogP contribution < -0.4 is 0 Å². The van der Waals surface area contributed by atoms with Gasteiger partial charge >= 0.3 is 6.18 Å². The second-order valence-electron chi connectivity index (χ2n) is 8.93. The zero-order chi connectivity index (χ0) is 27.0. The van der Waals surface area contributed by atoms with E-state index in [4.69, 9.17) is 16.1 Å². The summed E-state index contributed by atoms with van der Waals surface area (Å²) >= 11 is 6.71. The summed E-state index contributed by atoms with van der Waals surface area (Å²) in [6, 6.07) is 6.33. The lowest BCUT2D eigenvalue weighted by molar-refractivity contribution is -0.144. The molecule has 1 N–H and O–H groups in total. The van der Waals surface area contributed by atoms with Crippen molar-refractivity contribution in [2.45, 2.75) is 38.6 Å². The molecule has 1 aromatic carbocycles. The Bertz CT molecular complexity index is 1460. The lowest BCUT2D eigenvalue weighted by Gasteiger charge is -2.17. The predicted molar refractivity (Wildman–Crippen MR) is 131 cm³/mol. The predicted octanol–water partition coefficient (Wildman–Crippen LogP) is 4.95. The highest BCUT2D eigenvalue weighted by Crippen LogP contribution is 2.45. The number of benzene rings is 1. The first-order valence-electron chi connectivity index (χ1n) is 11.8. The molecule has 1 aliphatic heterocycles. The lowest BCUT2D eigenvalue weighted by Crippen LogP contribution is -2.27. The van der Waals surface area contributed by atoms with Crippen LogP contribution in [0.2, 0.25) is 5.02 Å². The number of rotatable bonds is 6. The minimum absolute atomic E-state index is 0.0976. The molecule has 4 aromatic rings. The van der Waals surface area contributed by atoms with Crippen molar-refractivity contribution in [2.24, 2.45) is 0 Å². The zero-order valence-corrected chi connectivity index (χ0v) is 20.9. The Hall–Kier alpha value is -3.77. The Balaban J connectivity index is 1.71. The Morgan fingerprint density at radius 3 is 2.63 bits per heavy atom. The SMILES string of the molecule is CC(O)Cn1ncc(-c2onc(-c3cccc(C(=O)N4CCCC4)c3Cl)c2-c2ccncn2)c1C(F)(F)F. The van der Waals surface area contributed by atoms with E-state index in [1.807, 2.05) is 0 Å². The van der Waals surface area contributed by atoms with Crippen LogP contribution >= 0.6 is 11.6 Å². The summed E-state index contributed by atoms with van der Waals surface area (Å²) in [5.41, 5.74) is -0.477. The Morgan fingerprint density at radius 2 is 1.97 bits per heavy atom. The molecule has 1 unspecified atom stereocenters. The molecule has 4 heterocycles. The highest BCUT2D eigenvalue weighted by molar-refractivity contribution is 6.36. The van der Waals surface area contributed by atoms with E-state index in [1.54, 1.807) is 23.1 Å². The number of hydrogen-bond donors (Lipinski definition) is 1. The maximum absolute atomic E-state index is 14.2. The maximum atomic E-state index is 14.2. The van der Waals surface area contributed by atoms with Gasteiger partial charge in [-0.25, -0.2) is 9.97 Å². The van der Waals surface area contributed by atoms with E-state index in [2.05, 4.69) is 20.2 Å². The highest BCUT2D eigenvalue weighted by Gasteiger charge is 2.41. The molecule has 13 heteroatoms. The lowest BCUT2D eigenvalue weighted by atomic mass is 9.98. The number of nitrogens with zero attached hydrogens (tertiary/aromatic N) is 6. The summed E-state index contributed by atoms with van der Waals surface area (Å²) in [6.07, 6.45) is -0.419. The van der Waals surface area contributed by atoms with Crippen molar-refractivity contribution < 1.29 is 27.6 Å². The van der Waals surface area contributed by atoms with Gasteiger partial charge in [0, 0.05) is 24.8 Å². The van der Waals surface area contributed by atoms with Gasteiger partial charge in [-0.2, -0.15) is 18.3 Å². The summed E-state index contributed by atoms with van der Waals surface area (Å²) in [6.45, 7) is 2.22. The summed E-state index contributed by atoms with van der Waals surface area (Å²) in [5.74, 6) is -0.476. The average molecular weight is 547 g/mol. The van der Waals surface area contributed by atoms with Crippen LogP contribution in [-0.2, 0) is 12.7 Å². The van der Waals surface area contributed by atoms with E-state index in [9.17, 15) is 23.1 Å². The molecule has 38 heavy (non-hydrogen) atoms. The highest BCUT2D eigenvalue weighted by atomic mass is 35.5.